The molecule has 0 bridgehead atoms. The van der Waals surface area contributed by atoms with Crippen molar-refractivity contribution in [3.05, 3.63) is 46.7 Å². The molecular formula is C21H26N2O5S2. The Morgan fingerprint density at radius 3 is 2.40 bits per heavy atom. The Morgan fingerprint density at radius 1 is 1.13 bits per heavy atom. The third kappa shape index (κ3) is 5.90. The van der Waals surface area contributed by atoms with Crippen molar-refractivity contribution in [2.24, 2.45) is 11.8 Å². The third-order valence-electron chi connectivity index (χ3n) is 4.87. The van der Waals surface area contributed by atoms with Gasteiger partial charge < -0.3 is 10.1 Å². The van der Waals surface area contributed by atoms with E-state index in [0.29, 0.717) is 30.6 Å². The second-order valence-electron chi connectivity index (χ2n) is 7.76. The van der Waals surface area contributed by atoms with Crippen LogP contribution >= 0.6 is 11.3 Å². The third-order valence-corrected chi connectivity index (χ3v) is 7.60. The van der Waals surface area contributed by atoms with Crippen molar-refractivity contribution in [3.8, 4) is 0 Å². The van der Waals surface area contributed by atoms with Gasteiger partial charge in [0, 0.05) is 23.7 Å². The quantitative estimate of drug-likeness (QED) is 0.654. The van der Waals surface area contributed by atoms with Crippen LogP contribution in [-0.2, 0) is 30.8 Å². The Labute approximate surface area is 181 Å². The number of nitrogens with one attached hydrogen (secondary N) is 1. The average Bonchev–Trinajstić information content (AvgIpc) is 3.19. The number of hydrogen-bond donors (Lipinski definition) is 1. The summed E-state index contributed by atoms with van der Waals surface area (Å²) in [6, 6.07) is 9.71. The molecule has 1 aromatic carbocycles. The second-order valence-corrected chi connectivity index (χ2v) is 10.7. The van der Waals surface area contributed by atoms with Gasteiger partial charge in [-0.25, -0.2) is 8.42 Å². The number of nitrogens with zero attached hydrogens (tertiary/aromatic N) is 1. The molecule has 9 heteroatoms. The van der Waals surface area contributed by atoms with Gasteiger partial charge in [-0.3, -0.25) is 9.59 Å². The summed E-state index contributed by atoms with van der Waals surface area (Å²) in [5, 5.41) is 4.47. The number of anilines is 1. The number of hydrogen-bond acceptors (Lipinski definition) is 6. The largest absolute Gasteiger partial charge is 0.455 e. The zero-order valence-electron chi connectivity index (χ0n) is 17.0. The van der Waals surface area contributed by atoms with Crippen molar-refractivity contribution in [1.29, 1.82) is 0 Å². The molecule has 1 aliphatic heterocycles. The molecule has 3 rings (SSSR count). The Hall–Kier alpha value is -2.23. The summed E-state index contributed by atoms with van der Waals surface area (Å²) in [6.07, 6.45) is 1.15. The van der Waals surface area contributed by atoms with Gasteiger partial charge in [0.05, 0.1) is 11.3 Å². The molecule has 1 amide bonds. The lowest BCUT2D eigenvalue weighted by Crippen LogP contribution is -2.42. The van der Waals surface area contributed by atoms with Crippen LogP contribution in [0.4, 0.5) is 5.69 Å². The Balaban J connectivity index is 1.53. The molecule has 2 heterocycles. The number of piperidine rings is 1. The molecule has 0 radical (unpaired) electrons. The molecule has 1 aliphatic rings. The van der Waals surface area contributed by atoms with E-state index in [9.17, 15) is 18.0 Å². The normalized spacial score (nSPS) is 19.9. The summed E-state index contributed by atoms with van der Waals surface area (Å²) in [7, 11) is -3.57. The molecule has 2 atom stereocenters. The van der Waals surface area contributed by atoms with Gasteiger partial charge in [-0.1, -0.05) is 19.9 Å². The maximum absolute atomic E-state index is 12.9. The molecule has 162 valence electrons. The van der Waals surface area contributed by atoms with Gasteiger partial charge in [0.25, 0.3) is 5.91 Å². The standard InChI is InChI=1S/C21H26N2O5S2/c1-15-10-16(2)13-23(12-15)30(26,27)19-7-5-17(6-8-19)22-20(24)14-28-21(25)11-18-4-3-9-29-18/h3-9,15-16H,10-14H2,1-2H3,(H,22,24). The monoisotopic (exact) mass is 450 g/mol. The van der Waals surface area contributed by atoms with Crippen molar-refractivity contribution in [2.75, 3.05) is 25.0 Å². The molecule has 2 aromatic rings. The van der Waals surface area contributed by atoms with Crippen molar-refractivity contribution < 1.29 is 22.7 Å². The summed E-state index contributed by atoms with van der Waals surface area (Å²) in [4.78, 5) is 24.8. The lowest BCUT2D eigenvalue weighted by Gasteiger charge is -2.34. The molecule has 0 saturated carbocycles. The number of carbonyl (C=O) groups is 2. The highest BCUT2D eigenvalue weighted by Crippen LogP contribution is 2.27. The van der Waals surface area contributed by atoms with E-state index in [2.05, 4.69) is 19.2 Å². The van der Waals surface area contributed by atoms with Crippen LogP contribution in [0.25, 0.3) is 0 Å². The van der Waals surface area contributed by atoms with E-state index < -0.39 is 28.5 Å². The molecule has 1 saturated heterocycles. The predicted octanol–water partition coefficient (Wildman–Crippen LogP) is 3.14. The van der Waals surface area contributed by atoms with Crippen molar-refractivity contribution >= 4 is 38.9 Å². The first-order valence-corrected chi connectivity index (χ1v) is 12.1. The first-order valence-electron chi connectivity index (χ1n) is 9.82. The molecule has 2 unspecified atom stereocenters. The highest BCUT2D eigenvalue weighted by atomic mass is 32.2. The van der Waals surface area contributed by atoms with Gasteiger partial charge >= 0.3 is 5.97 Å². The van der Waals surface area contributed by atoms with Crippen LogP contribution in [0, 0.1) is 11.8 Å². The van der Waals surface area contributed by atoms with Crippen LogP contribution in [-0.4, -0.2) is 44.3 Å². The summed E-state index contributed by atoms with van der Waals surface area (Å²) in [6.45, 7) is 4.76. The van der Waals surface area contributed by atoms with Crippen LogP contribution in [0.1, 0.15) is 25.1 Å². The van der Waals surface area contributed by atoms with E-state index >= 15 is 0 Å². The van der Waals surface area contributed by atoms with Gasteiger partial charge in [0.1, 0.15) is 0 Å². The number of sulfonamides is 1. The van der Waals surface area contributed by atoms with Crippen LogP contribution in [0.2, 0.25) is 0 Å². The molecule has 0 aliphatic carbocycles. The molecule has 7 nitrogen and oxygen atoms in total. The first kappa shape index (κ1) is 22.5. The summed E-state index contributed by atoms with van der Waals surface area (Å²) in [5.41, 5.74) is 0.439. The van der Waals surface area contributed by atoms with Gasteiger partial charge in [-0.2, -0.15) is 4.31 Å². The minimum atomic E-state index is -3.57. The SMILES string of the molecule is CC1CC(C)CN(S(=O)(=O)c2ccc(NC(=O)COC(=O)Cc3cccs3)cc2)C1. The molecule has 30 heavy (non-hydrogen) atoms. The van der Waals surface area contributed by atoms with E-state index in [-0.39, 0.29) is 11.3 Å². The predicted molar refractivity (Wildman–Crippen MR) is 116 cm³/mol. The number of carbonyl (C=O) groups excluding carboxylic acids is 2. The number of benzene rings is 1. The van der Waals surface area contributed by atoms with Gasteiger partial charge in [0.15, 0.2) is 6.61 Å². The average molecular weight is 451 g/mol. The van der Waals surface area contributed by atoms with E-state index in [1.807, 2.05) is 17.5 Å². The summed E-state index contributed by atoms with van der Waals surface area (Å²) >= 11 is 1.45. The number of esters is 1. The van der Waals surface area contributed by atoms with Gasteiger partial charge in [-0.15, -0.1) is 11.3 Å². The maximum atomic E-state index is 12.9. The summed E-state index contributed by atoms with van der Waals surface area (Å²) in [5.74, 6) is -0.308. The topological polar surface area (TPSA) is 92.8 Å². The summed E-state index contributed by atoms with van der Waals surface area (Å²) < 4.78 is 32.3. The molecule has 1 fully saturated rings. The van der Waals surface area contributed by atoms with Crippen molar-refractivity contribution in [2.45, 2.75) is 31.6 Å². The fourth-order valence-electron chi connectivity index (χ4n) is 3.61. The van der Waals surface area contributed by atoms with E-state index in [0.717, 1.165) is 11.3 Å². The number of amides is 1. The fraction of sp³-hybridized carbons (Fsp3) is 0.429. The Bertz CT molecular complexity index is 961. The fourth-order valence-corrected chi connectivity index (χ4v) is 5.98. The molecule has 1 aromatic heterocycles. The van der Waals surface area contributed by atoms with Crippen LogP contribution in [0.5, 0.6) is 0 Å². The van der Waals surface area contributed by atoms with Crippen LogP contribution < -0.4 is 5.32 Å². The highest BCUT2D eigenvalue weighted by molar-refractivity contribution is 7.89. The lowest BCUT2D eigenvalue weighted by molar-refractivity contribution is -0.146. The lowest BCUT2D eigenvalue weighted by atomic mass is 9.94. The van der Waals surface area contributed by atoms with Crippen molar-refractivity contribution in [3.63, 3.8) is 0 Å². The first-order chi connectivity index (χ1) is 14.2. The van der Waals surface area contributed by atoms with E-state index in [1.54, 1.807) is 0 Å². The van der Waals surface area contributed by atoms with E-state index in [1.165, 1.54) is 39.9 Å². The minimum absolute atomic E-state index is 0.130. The molecule has 0 spiro atoms. The minimum Gasteiger partial charge on any atom is -0.455 e. The number of thiophene rings is 1. The van der Waals surface area contributed by atoms with Gasteiger partial charge in [0.2, 0.25) is 10.0 Å². The zero-order valence-corrected chi connectivity index (χ0v) is 18.7. The zero-order chi connectivity index (χ0) is 21.7. The second kappa shape index (κ2) is 9.72. The Kier molecular flexibility index (Phi) is 7.27. The number of ether oxygens (including phenoxy) is 1. The molecular weight excluding hydrogens is 424 g/mol. The van der Waals surface area contributed by atoms with E-state index in [4.69, 9.17) is 4.74 Å². The molecule has 1 N–H and O–H groups in total. The number of rotatable bonds is 7. The smallest absolute Gasteiger partial charge is 0.311 e. The van der Waals surface area contributed by atoms with Crippen LogP contribution in [0.15, 0.2) is 46.7 Å². The van der Waals surface area contributed by atoms with Gasteiger partial charge in [-0.05, 0) is 54.0 Å². The van der Waals surface area contributed by atoms with Crippen molar-refractivity contribution in [1.82, 2.24) is 4.31 Å². The maximum Gasteiger partial charge on any atom is 0.311 e. The Morgan fingerprint density at radius 2 is 1.80 bits per heavy atom. The van der Waals surface area contributed by atoms with Crippen LogP contribution in [0.3, 0.4) is 0 Å². The highest BCUT2D eigenvalue weighted by Gasteiger charge is 2.31.